The van der Waals surface area contributed by atoms with Gasteiger partial charge in [0.15, 0.2) is 0 Å². The molecule has 1 aromatic heterocycles. The molecule has 1 aliphatic rings. The summed E-state index contributed by atoms with van der Waals surface area (Å²) in [7, 11) is 0. The van der Waals surface area contributed by atoms with Crippen molar-refractivity contribution in [3.63, 3.8) is 0 Å². The molecule has 0 saturated carbocycles. The van der Waals surface area contributed by atoms with Crippen molar-refractivity contribution in [2.45, 2.75) is 18.9 Å². The van der Waals surface area contributed by atoms with Gasteiger partial charge in [0.1, 0.15) is 6.33 Å². The van der Waals surface area contributed by atoms with E-state index in [1.54, 1.807) is 10.9 Å². The number of rotatable bonds is 1. The third-order valence-electron chi connectivity index (χ3n) is 2.48. The Labute approximate surface area is 69.8 Å². The van der Waals surface area contributed by atoms with E-state index in [2.05, 4.69) is 22.4 Å². The van der Waals surface area contributed by atoms with Crippen LogP contribution >= 0.6 is 0 Å². The Morgan fingerprint density at radius 2 is 2.58 bits per heavy atom. The molecule has 0 amide bonds. The summed E-state index contributed by atoms with van der Waals surface area (Å²) in [5.74, 6) is 0. The van der Waals surface area contributed by atoms with Gasteiger partial charge in [-0.05, 0) is 19.9 Å². The Morgan fingerprint density at radius 3 is 3.08 bits per heavy atom. The van der Waals surface area contributed by atoms with E-state index in [1.807, 2.05) is 0 Å². The van der Waals surface area contributed by atoms with Gasteiger partial charge >= 0.3 is 5.69 Å². The summed E-state index contributed by atoms with van der Waals surface area (Å²) in [4.78, 5) is 11.2. The summed E-state index contributed by atoms with van der Waals surface area (Å²) in [5.41, 5.74) is -0.217. The monoisotopic (exact) mass is 168 g/mol. The lowest BCUT2D eigenvalue weighted by molar-refractivity contribution is 0.344. The summed E-state index contributed by atoms with van der Waals surface area (Å²) < 4.78 is 1.66. The summed E-state index contributed by atoms with van der Waals surface area (Å²) in [6.07, 6.45) is 2.54. The van der Waals surface area contributed by atoms with Crippen LogP contribution in [0.4, 0.5) is 0 Å². The number of hydrogen-bond acceptors (Lipinski definition) is 3. The van der Waals surface area contributed by atoms with E-state index in [9.17, 15) is 4.79 Å². The molecule has 1 fully saturated rings. The van der Waals surface area contributed by atoms with Crippen LogP contribution < -0.4 is 11.0 Å². The highest BCUT2D eigenvalue weighted by molar-refractivity contribution is 4.91. The zero-order chi connectivity index (χ0) is 8.60. The standard InChI is InChI=1S/C7H12N4O/c1-7(2-3-8-4-7)11-5-9-10-6(11)12/h5,8H,2-4H2,1H3,(H,10,12). The summed E-state index contributed by atoms with van der Waals surface area (Å²) in [5, 5.41) is 9.34. The van der Waals surface area contributed by atoms with Crippen molar-refractivity contribution in [3.05, 3.63) is 16.8 Å². The number of nitrogens with one attached hydrogen (secondary N) is 2. The minimum atomic E-state index is -0.124. The van der Waals surface area contributed by atoms with Gasteiger partial charge in [0.2, 0.25) is 0 Å². The zero-order valence-corrected chi connectivity index (χ0v) is 7.00. The molecule has 1 atom stereocenters. The SMILES string of the molecule is CC1(n2cn[nH]c2=O)CCNC1. The lowest BCUT2D eigenvalue weighted by atomic mass is 10.0. The van der Waals surface area contributed by atoms with Gasteiger partial charge in [-0.3, -0.25) is 4.57 Å². The van der Waals surface area contributed by atoms with Gasteiger partial charge < -0.3 is 5.32 Å². The maximum atomic E-state index is 11.2. The van der Waals surface area contributed by atoms with Crippen LogP contribution in [0.3, 0.4) is 0 Å². The molecule has 1 unspecified atom stereocenters. The molecular formula is C7H12N4O. The van der Waals surface area contributed by atoms with E-state index in [4.69, 9.17) is 0 Å². The highest BCUT2D eigenvalue weighted by Gasteiger charge is 2.31. The average Bonchev–Trinajstić information content (AvgIpc) is 2.59. The van der Waals surface area contributed by atoms with Gasteiger partial charge in [-0.2, -0.15) is 5.10 Å². The molecule has 1 aromatic rings. The van der Waals surface area contributed by atoms with Crippen molar-refractivity contribution in [2.24, 2.45) is 0 Å². The van der Waals surface area contributed by atoms with Gasteiger partial charge in [0, 0.05) is 6.54 Å². The molecule has 5 nitrogen and oxygen atoms in total. The summed E-state index contributed by atoms with van der Waals surface area (Å²) in [6, 6.07) is 0. The van der Waals surface area contributed by atoms with Gasteiger partial charge in [-0.1, -0.05) is 0 Å². The van der Waals surface area contributed by atoms with E-state index in [0.717, 1.165) is 19.5 Å². The largest absolute Gasteiger partial charge is 0.343 e. The Balaban J connectivity index is 2.41. The molecule has 12 heavy (non-hydrogen) atoms. The Hall–Kier alpha value is -1.10. The van der Waals surface area contributed by atoms with E-state index in [1.165, 1.54) is 0 Å². The minimum Gasteiger partial charge on any atom is -0.314 e. The fraction of sp³-hybridized carbons (Fsp3) is 0.714. The van der Waals surface area contributed by atoms with Crippen LogP contribution in [0.15, 0.2) is 11.1 Å². The van der Waals surface area contributed by atoms with Crippen molar-refractivity contribution in [2.75, 3.05) is 13.1 Å². The minimum absolute atomic E-state index is 0.0932. The molecule has 5 heteroatoms. The van der Waals surface area contributed by atoms with Gasteiger partial charge in [-0.25, -0.2) is 9.89 Å². The maximum absolute atomic E-state index is 11.2. The molecule has 2 N–H and O–H groups in total. The maximum Gasteiger partial charge on any atom is 0.343 e. The van der Waals surface area contributed by atoms with Crippen LogP contribution in [-0.4, -0.2) is 27.9 Å². The van der Waals surface area contributed by atoms with Crippen LogP contribution in [0.2, 0.25) is 0 Å². The predicted molar refractivity (Wildman–Crippen MR) is 44.0 cm³/mol. The first kappa shape index (κ1) is 7.54. The Bertz CT molecular complexity index is 320. The fourth-order valence-electron chi connectivity index (χ4n) is 1.64. The molecular weight excluding hydrogens is 156 g/mol. The highest BCUT2D eigenvalue weighted by Crippen LogP contribution is 2.20. The fourth-order valence-corrected chi connectivity index (χ4v) is 1.64. The number of hydrogen-bond donors (Lipinski definition) is 2. The molecule has 0 bridgehead atoms. The smallest absolute Gasteiger partial charge is 0.314 e. The molecule has 1 aliphatic heterocycles. The lowest BCUT2D eigenvalue weighted by Gasteiger charge is -2.22. The highest BCUT2D eigenvalue weighted by atomic mass is 16.1. The number of nitrogens with zero attached hydrogens (tertiary/aromatic N) is 2. The van der Waals surface area contributed by atoms with Crippen LogP contribution in [-0.2, 0) is 5.54 Å². The third-order valence-corrected chi connectivity index (χ3v) is 2.48. The summed E-state index contributed by atoms with van der Waals surface area (Å²) >= 11 is 0. The molecule has 0 aromatic carbocycles. The molecule has 66 valence electrons. The molecule has 0 radical (unpaired) electrons. The van der Waals surface area contributed by atoms with E-state index >= 15 is 0 Å². The third kappa shape index (κ3) is 0.972. The van der Waals surface area contributed by atoms with Gasteiger partial charge in [0.25, 0.3) is 0 Å². The summed E-state index contributed by atoms with van der Waals surface area (Å²) in [6.45, 7) is 3.87. The molecule has 1 saturated heterocycles. The van der Waals surface area contributed by atoms with Gasteiger partial charge in [0.05, 0.1) is 5.54 Å². The number of aromatic nitrogens is 3. The topological polar surface area (TPSA) is 62.7 Å². The van der Waals surface area contributed by atoms with Crippen molar-refractivity contribution < 1.29 is 0 Å². The Morgan fingerprint density at radius 1 is 1.75 bits per heavy atom. The van der Waals surface area contributed by atoms with Crippen molar-refractivity contribution in [1.82, 2.24) is 20.1 Å². The molecule has 0 spiro atoms. The normalized spacial score (nSPS) is 29.4. The van der Waals surface area contributed by atoms with Crippen LogP contribution in [0.1, 0.15) is 13.3 Å². The second kappa shape index (κ2) is 2.45. The second-order valence-electron chi connectivity index (χ2n) is 3.46. The van der Waals surface area contributed by atoms with Gasteiger partial charge in [-0.15, -0.1) is 0 Å². The first-order chi connectivity index (χ1) is 5.72. The van der Waals surface area contributed by atoms with Crippen LogP contribution in [0.5, 0.6) is 0 Å². The van der Waals surface area contributed by atoms with Crippen LogP contribution in [0.25, 0.3) is 0 Å². The van der Waals surface area contributed by atoms with E-state index in [0.29, 0.717) is 0 Å². The Kier molecular flexibility index (Phi) is 1.54. The first-order valence-corrected chi connectivity index (χ1v) is 4.06. The second-order valence-corrected chi connectivity index (χ2v) is 3.46. The van der Waals surface area contributed by atoms with E-state index in [-0.39, 0.29) is 11.2 Å². The zero-order valence-electron chi connectivity index (χ0n) is 7.00. The van der Waals surface area contributed by atoms with Crippen molar-refractivity contribution in [3.8, 4) is 0 Å². The molecule has 0 aliphatic carbocycles. The average molecular weight is 168 g/mol. The van der Waals surface area contributed by atoms with Crippen molar-refractivity contribution in [1.29, 1.82) is 0 Å². The first-order valence-electron chi connectivity index (χ1n) is 4.06. The lowest BCUT2D eigenvalue weighted by Crippen LogP contribution is -2.38. The predicted octanol–water partition coefficient (Wildman–Crippen LogP) is -0.720. The number of H-pyrrole nitrogens is 1. The quantitative estimate of drug-likeness (QED) is 0.581. The molecule has 2 rings (SSSR count). The number of aromatic amines is 1. The van der Waals surface area contributed by atoms with Crippen LogP contribution in [0, 0.1) is 0 Å². The van der Waals surface area contributed by atoms with Crippen molar-refractivity contribution >= 4 is 0 Å². The molecule has 2 heterocycles. The van der Waals surface area contributed by atoms with E-state index < -0.39 is 0 Å².